The minimum atomic E-state index is -1.04. The van der Waals surface area contributed by atoms with Crippen molar-refractivity contribution in [1.82, 2.24) is 19.6 Å². The van der Waals surface area contributed by atoms with Gasteiger partial charge in [0.2, 0.25) is 5.13 Å². The number of Topliss-reactive ketones (excluding diaryl/α,β-unsaturated/α-hetero) is 1. The molecule has 228 valence electrons. The summed E-state index contributed by atoms with van der Waals surface area (Å²) in [5, 5.41) is 20.7. The first-order valence-electron chi connectivity index (χ1n) is 14.2. The molecule has 12 heteroatoms. The van der Waals surface area contributed by atoms with Crippen LogP contribution in [0.4, 0.5) is 5.13 Å². The zero-order valence-corrected chi connectivity index (χ0v) is 26.2. The zero-order valence-electron chi connectivity index (χ0n) is 24.5. The SMILES string of the molecule is C=CCOc1ccc(C2/C(=C(\O)c3c(C)nc4ccccn34)C(=O)C(=O)N2c2nnc(SCc3ccccc3)s2)cc1OCC. The number of nitrogens with zero attached hydrogens (tertiary/aromatic N) is 5. The monoisotopic (exact) mass is 639 g/mol. The van der Waals surface area contributed by atoms with Crippen molar-refractivity contribution in [2.24, 2.45) is 0 Å². The third-order valence-corrected chi connectivity index (χ3v) is 9.25. The molecule has 4 heterocycles. The molecule has 1 amide bonds. The average molecular weight is 640 g/mol. The highest BCUT2D eigenvalue weighted by Crippen LogP contribution is 2.46. The van der Waals surface area contributed by atoms with Crippen molar-refractivity contribution in [3.63, 3.8) is 0 Å². The fourth-order valence-electron chi connectivity index (χ4n) is 5.18. The number of ketones is 1. The predicted octanol–water partition coefficient (Wildman–Crippen LogP) is 6.38. The molecule has 1 aliphatic rings. The second-order valence-electron chi connectivity index (χ2n) is 10.0. The number of imidazole rings is 1. The maximum Gasteiger partial charge on any atom is 0.301 e. The van der Waals surface area contributed by atoms with Crippen molar-refractivity contribution >= 4 is 51.3 Å². The second-order valence-corrected chi connectivity index (χ2v) is 12.2. The first-order valence-corrected chi connectivity index (χ1v) is 16.0. The molecule has 0 radical (unpaired) electrons. The number of fused-ring (bicyclic) bond motifs is 1. The van der Waals surface area contributed by atoms with Crippen molar-refractivity contribution in [2.75, 3.05) is 18.1 Å². The van der Waals surface area contributed by atoms with Gasteiger partial charge in [-0.05, 0) is 49.2 Å². The standard InChI is InChI=1S/C33H29N5O5S2/c1-4-17-43-23-15-14-22(18-24(23)42-5-2)28-26(29(39)27-20(3)34-25-13-9-10-16-37(25)27)30(40)31(41)38(28)32-35-36-33(45-32)44-19-21-11-7-6-8-12-21/h4,6-16,18,28,39H,1,5,17,19H2,2-3H3/b29-26+. The van der Waals surface area contributed by atoms with Crippen LogP contribution in [-0.4, -0.2) is 49.6 Å². The number of anilines is 1. The van der Waals surface area contributed by atoms with Crippen LogP contribution in [0.15, 0.2) is 95.5 Å². The summed E-state index contributed by atoms with van der Waals surface area (Å²) in [6.07, 6.45) is 3.37. The van der Waals surface area contributed by atoms with Crippen molar-refractivity contribution < 1.29 is 24.2 Å². The number of thioether (sulfide) groups is 1. The number of carbonyl (C=O) groups is 2. The number of aliphatic hydroxyl groups excluding tert-OH is 1. The number of hydrogen-bond donors (Lipinski definition) is 1. The summed E-state index contributed by atoms with van der Waals surface area (Å²) in [7, 11) is 0. The molecule has 3 aromatic heterocycles. The predicted molar refractivity (Wildman–Crippen MR) is 174 cm³/mol. The molecule has 6 rings (SSSR count). The van der Waals surface area contributed by atoms with Gasteiger partial charge in [0.05, 0.1) is 23.9 Å². The van der Waals surface area contributed by atoms with E-state index in [1.807, 2.05) is 43.3 Å². The third-order valence-electron chi connectivity index (χ3n) is 7.12. The van der Waals surface area contributed by atoms with Gasteiger partial charge in [-0.1, -0.05) is 78.2 Å². The molecule has 0 spiro atoms. The minimum Gasteiger partial charge on any atom is -0.505 e. The van der Waals surface area contributed by atoms with Gasteiger partial charge in [0.15, 0.2) is 21.6 Å². The molecule has 0 bridgehead atoms. The second kappa shape index (κ2) is 13.0. The van der Waals surface area contributed by atoms with Crippen molar-refractivity contribution in [2.45, 2.75) is 30.0 Å². The van der Waals surface area contributed by atoms with Gasteiger partial charge >= 0.3 is 5.91 Å². The van der Waals surface area contributed by atoms with E-state index in [4.69, 9.17) is 9.47 Å². The van der Waals surface area contributed by atoms with E-state index in [2.05, 4.69) is 21.8 Å². The fourth-order valence-corrected chi connectivity index (χ4v) is 7.00. The summed E-state index contributed by atoms with van der Waals surface area (Å²) in [5.74, 6) is -0.453. The Labute approximate surface area is 267 Å². The van der Waals surface area contributed by atoms with E-state index in [-0.39, 0.29) is 23.1 Å². The van der Waals surface area contributed by atoms with Crippen molar-refractivity contribution in [1.29, 1.82) is 0 Å². The molecular formula is C33H29N5O5S2. The minimum absolute atomic E-state index is 0.0929. The lowest BCUT2D eigenvalue weighted by Crippen LogP contribution is -2.29. The number of pyridine rings is 1. The van der Waals surface area contributed by atoms with Crippen LogP contribution in [0.2, 0.25) is 0 Å². The summed E-state index contributed by atoms with van der Waals surface area (Å²) < 4.78 is 14.0. The summed E-state index contributed by atoms with van der Waals surface area (Å²) in [5.41, 5.74) is 2.96. The number of rotatable bonds is 11. The summed E-state index contributed by atoms with van der Waals surface area (Å²) in [6, 6.07) is 19.5. The van der Waals surface area contributed by atoms with Gasteiger partial charge in [-0.2, -0.15) is 0 Å². The molecule has 1 unspecified atom stereocenters. The Kier molecular flexibility index (Phi) is 8.67. The average Bonchev–Trinajstić information content (AvgIpc) is 3.73. The lowest BCUT2D eigenvalue weighted by molar-refractivity contribution is -0.132. The molecule has 2 aromatic carbocycles. The molecule has 1 fully saturated rings. The zero-order chi connectivity index (χ0) is 31.5. The molecule has 10 nitrogen and oxygen atoms in total. The largest absolute Gasteiger partial charge is 0.505 e. The van der Waals surface area contributed by atoms with Crippen LogP contribution in [0.5, 0.6) is 11.5 Å². The summed E-state index contributed by atoms with van der Waals surface area (Å²) >= 11 is 2.69. The van der Waals surface area contributed by atoms with E-state index in [9.17, 15) is 14.7 Å². The van der Waals surface area contributed by atoms with Crippen LogP contribution >= 0.6 is 23.1 Å². The van der Waals surface area contributed by atoms with E-state index in [1.165, 1.54) is 28.0 Å². The van der Waals surface area contributed by atoms with Gasteiger partial charge in [-0.25, -0.2) is 4.98 Å². The number of carbonyl (C=O) groups excluding carboxylic acids is 2. The molecule has 0 saturated carbocycles. The van der Waals surface area contributed by atoms with Gasteiger partial charge in [0, 0.05) is 11.9 Å². The Bertz CT molecular complexity index is 1930. The summed E-state index contributed by atoms with van der Waals surface area (Å²) in [4.78, 5) is 33.5. The third kappa shape index (κ3) is 5.81. The Balaban J connectivity index is 1.48. The van der Waals surface area contributed by atoms with Crippen LogP contribution in [0.1, 0.15) is 35.5 Å². The van der Waals surface area contributed by atoms with Crippen LogP contribution < -0.4 is 14.4 Å². The number of benzene rings is 2. The Morgan fingerprint density at radius 3 is 2.64 bits per heavy atom. The Morgan fingerprint density at radius 2 is 1.87 bits per heavy atom. The van der Waals surface area contributed by atoms with Gasteiger partial charge in [-0.3, -0.25) is 18.9 Å². The molecule has 1 atom stereocenters. The number of hydrogen-bond acceptors (Lipinski definition) is 10. The van der Waals surface area contributed by atoms with Crippen LogP contribution in [-0.2, 0) is 15.3 Å². The van der Waals surface area contributed by atoms with Crippen molar-refractivity contribution in [3.8, 4) is 11.5 Å². The smallest absolute Gasteiger partial charge is 0.301 e. The molecule has 1 N–H and O–H groups in total. The highest BCUT2D eigenvalue weighted by atomic mass is 32.2. The van der Waals surface area contributed by atoms with Gasteiger partial charge in [-0.15, -0.1) is 10.2 Å². The highest BCUT2D eigenvalue weighted by molar-refractivity contribution is 8.00. The molecule has 0 aliphatic carbocycles. The number of aryl methyl sites for hydroxylation is 1. The normalized spacial score (nSPS) is 16.0. The van der Waals surface area contributed by atoms with E-state index >= 15 is 0 Å². The molecule has 45 heavy (non-hydrogen) atoms. The fraction of sp³-hybridized carbons (Fsp3) is 0.182. The topological polar surface area (TPSA) is 119 Å². The maximum atomic E-state index is 13.8. The van der Waals surface area contributed by atoms with E-state index in [1.54, 1.807) is 53.9 Å². The van der Waals surface area contributed by atoms with E-state index < -0.39 is 17.7 Å². The van der Waals surface area contributed by atoms with E-state index in [0.717, 1.165) is 5.56 Å². The molecular weight excluding hydrogens is 611 g/mol. The Hall–Kier alpha value is -4.94. The van der Waals surface area contributed by atoms with Gasteiger partial charge in [0.1, 0.15) is 17.9 Å². The molecule has 5 aromatic rings. The van der Waals surface area contributed by atoms with Gasteiger partial charge < -0.3 is 14.6 Å². The Morgan fingerprint density at radius 1 is 1.07 bits per heavy atom. The number of amides is 1. The maximum absolute atomic E-state index is 13.8. The number of aliphatic hydroxyl groups is 1. The van der Waals surface area contributed by atoms with Crippen LogP contribution in [0.25, 0.3) is 11.4 Å². The van der Waals surface area contributed by atoms with Crippen LogP contribution in [0, 0.1) is 6.92 Å². The lowest BCUT2D eigenvalue weighted by Gasteiger charge is -2.23. The lowest BCUT2D eigenvalue weighted by atomic mass is 9.96. The van der Waals surface area contributed by atoms with Crippen molar-refractivity contribution in [3.05, 3.63) is 114 Å². The number of ether oxygens (including phenoxy) is 2. The summed E-state index contributed by atoms with van der Waals surface area (Å²) in [6.45, 7) is 7.91. The van der Waals surface area contributed by atoms with E-state index in [0.29, 0.717) is 50.8 Å². The molecule has 1 saturated heterocycles. The van der Waals surface area contributed by atoms with Crippen LogP contribution in [0.3, 0.4) is 0 Å². The molecule has 1 aliphatic heterocycles. The first kappa shape index (κ1) is 30.1. The quantitative estimate of drug-likeness (QED) is 0.0439. The highest BCUT2D eigenvalue weighted by Gasteiger charge is 2.49. The van der Waals surface area contributed by atoms with Gasteiger partial charge in [0.25, 0.3) is 5.78 Å². The first-order chi connectivity index (χ1) is 21.9. The number of aromatic nitrogens is 4.